The summed E-state index contributed by atoms with van der Waals surface area (Å²) in [6.07, 6.45) is 1.57. The quantitative estimate of drug-likeness (QED) is 0.850. The Morgan fingerprint density at radius 3 is 2.87 bits per heavy atom. The molecule has 1 atom stereocenters. The van der Waals surface area contributed by atoms with E-state index in [0.717, 1.165) is 0 Å². The molecule has 1 N–H and O–H groups in total. The third kappa shape index (κ3) is 3.12. The van der Waals surface area contributed by atoms with E-state index in [0.29, 0.717) is 34.3 Å². The predicted octanol–water partition coefficient (Wildman–Crippen LogP) is 1.78. The molecule has 0 fully saturated rings. The SMILES string of the molecule is Cc1cnc2n(c1=O)CC(C(=O)Nc1ccc(C#N)cc1)CS2. The summed E-state index contributed by atoms with van der Waals surface area (Å²) in [6.45, 7) is 2.05. The van der Waals surface area contributed by atoms with Gasteiger partial charge in [0.1, 0.15) is 0 Å². The van der Waals surface area contributed by atoms with E-state index in [1.807, 2.05) is 6.07 Å². The lowest BCUT2D eigenvalue weighted by Gasteiger charge is -2.24. The first kappa shape index (κ1) is 15.3. The minimum absolute atomic E-state index is 0.0987. The molecule has 23 heavy (non-hydrogen) atoms. The van der Waals surface area contributed by atoms with E-state index in [4.69, 9.17) is 5.26 Å². The summed E-state index contributed by atoms with van der Waals surface area (Å²) in [5.41, 5.74) is 1.65. The second kappa shape index (κ2) is 6.26. The molecule has 3 rings (SSSR count). The summed E-state index contributed by atoms with van der Waals surface area (Å²) in [4.78, 5) is 28.8. The topological polar surface area (TPSA) is 87.8 Å². The summed E-state index contributed by atoms with van der Waals surface area (Å²) in [6, 6.07) is 8.72. The highest BCUT2D eigenvalue weighted by molar-refractivity contribution is 7.99. The van der Waals surface area contributed by atoms with Gasteiger partial charge in [-0.05, 0) is 31.2 Å². The van der Waals surface area contributed by atoms with Gasteiger partial charge in [0.25, 0.3) is 5.56 Å². The molecule has 0 radical (unpaired) electrons. The molecule has 116 valence electrons. The normalized spacial score (nSPS) is 16.3. The van der Waals surface area contributed by atoms with Crippen LogP contribution in [-0.2, 0) is 11.3 Å². The lowest BCUT2D eigenvalue weighted by molar-refractivity contribution is -0.119. The van der Waals surface area contributed by atoms with E-state index in [1.54, 1.807) is 42.0 Å². The highest BCUT2D eigenvalue weighted by Gasteiger charge is 2.27. The Kier molecular flexibility index (Phi) is 4.17. The smallest absolute Gasteiger partial charge is 0.257 e. The highest BCUT2D eigenvalue weighted by atomic mass is 32.2. The molecule has 1 amide bonds. The van der Waals surface area contributed by atoms with Crippen molar-refractivity contribution in [2.45, 2.75) is 18.6 Å². The molecule has 1 aliphatic heterocycles. The molecule has 1 aromatic heterocycles. The van der Waals surface area contributed by atoms with Crippen LogP contribution in [0.3, 0.4) is 0 Å². The summed E-state index contributed by atoms with van der Waals surface area (Å²) in [5.74, 6) is 0.142. The fraction of sp³-hybridized carbons (Fsp3) is 0.250. The minimum Gasteiger partial charge on any atom is -0.326 e. The molecule has 6 nitrogen and oxygen atoms in total. The van der Waals surface area contributed by atoms with Gasteiger partial charge in [-0.25, -0.2) is 4.98 Å². The largest absolute Gasteiger partial charge is 0.326 e. The molecule has 0 saturated heterocycles. The maximum absolute atomic E-state index is 12.4. The molecule has 1 unspecified atom stereocenters. The number of thioether (sulfide) groups is 1. The monoisotopic (exact) mass is 326 g/mol. The lowest BCUT2D eigenvalue weighted by Crippen LogP contribution is -2.37. The second-order valence-electron chi connectivity index (χ2n) is 5.33. The Labute approximate surface area is 137 Å². The number of benzene rings is 1. The Bertz CT molecular complexity index is 852. The zero-order valence-electron chi connectivity index (χ0n) is 12.4. The van der Waals surface area contributed by atoms with Crippen molar-refractivity contribution in [3.63, 3.8) is 0 Å². The fourth-order valence-corrected chi connectivity index (χ4v) is 3.38. The molecule has 0 spiro atoms. The Balaban J connectivity index is 1.75. The van der Waals surface area contributed by atoms with Gasteiger partial charge in [-0.2, -0.15) is 5.26 Å². The van der Waals surface area contributed by atoms with E-state index in [-0.39, 0.29) is 17.4 Å². The first-order chi connectivity index (χ1) is 11.1. The van der Waals surface area contributed by atoms with E-state index >= 15 is 0 Å². The van der Waals surface area contributed by atoms with Crippen LogP contribution in [0, 0.1) is 24.2 Å². The summed E-state index contributed by atoms with van der Waals surface area (Å²) in [5, 5.41) is 12.3. The van der Waals surface area contributed by atoms with Crippen molar-refractivity contribution in [1.29, 1.82) is 5.26 Å². The standard InChI is InChI=1S/C16H14N4O2S/c1-10-7-18-16-20(15(10)22)8-12(9-23-16)14(21)19-13-4-2-11(6-17)3-5-13/h2-5,7,12H,8-9H2,1H3,(H,19,21). The van der Waals surface area contributed by atoms with Gasteiger partial charge in [-0.3, -0.25) is 14.2 Å². The number of aryl methyl sites for hydroxylation is 1. The molecule has 7 heteroatoms. The first-order valence-corrected chi connectivity index (χ1v) is 8.07. The molecular formula is C16H14N4O2S. The number of rotatable bonds is 2. The van der Waals surface area contributed by atoms with Crippen LogP contribution in [0.25, 0.3) is 0 Å². The molecule has 0 aliphatic carbocycles. The zero-order chi connectivity index (χ0) is 16.4. The summed E-state index contributed by atoms with van der Waals surface area (Å²) >= 11 is 1.41. The van der Waals surface area contributed by atoms with Crippen LogP contribution in [-0.4, -0.2) is 21.2 Å². The molecule has 2 heterocycles. The van der Waals surface area contributed by atoms with Crippen LogP contribution < -0.4 is 10.9 Å². The van der Waals surface area contributed by atoms with Gasteiger partial charge in [0, 0.05) is 29.7 Å². The van der Waals surface area contributed by atoms with Gasteiger partial charge >= 0.3 is 0 Å². The number of nitrogens with zero attached hydrogens (tertiary/aromatic N) is 3. The van der Waals surface area contributed by atoms with Gasteiger partial charge in [-0.15, -0.1) is 0 Å². The van der Waals surface area contributed by atoms with Crippen LogP contribution in [0.5, 0.6) is 0 Å². The van der Waals surface area contributed by atoms with Gasteiger partial charge < -0.3 is 5.32 Å². The van der Waals surface area contributed by atoms with Crippen LogP contribution in [0.2, 0.25) is 0 Å². The Morgan fingerprint density at radius 1 is 1.43 bits per heavy atom. The van der Waals surface area contributed by atoms with Crippen LogP contribution in [0.4, 0.5) is 5.69 Å². The van der Waals surface area contributed by atoms with Crippen LogP contribution >= 0.6 is 11.8 Å². The van der Waals surface area contributed by atoms with Crippen molar-refractivity contribution in [3.05, 3.63) is 51.9 Å². The van der Waals surface area contributed by atoms with Crippen LogP contribution in [0.15, 0.2) is 40.4 Å². The van der Waals surface area contributed by atoms with E-state index in [1.165, 1.54) is 11.8 Å². The first-order valence-electron chi connectivity index (χ1n) is 7.09. The maximum Gasteiger partial charge on any atom is 0.257 e. The summed E-state index contributed by atoms with van der Waals surface area (Å²) < 4.78 is 1.56. The molecule has 0 bridgehead atoms. The van der Waals surface area contributed by atoms with Crippen molar-refractivity contribution in [3.8, 4) is 6.07 Å². The molecule has 2 aromatic rings. The third-order valence-electron chi connectivity index (χ3n) is 3.65. The third-order valence-corrected chi connectivity index (χ3v) is 4.80. The van der Waals surface area contributed by atoms with Crippen molar-refractivity contribution < 1.29 is 4.79 Å². The predicted molar refractivity (Wildman–Crippen MR) is 87.2 cm³/mol. The zero-order valence-corrected chi connectivity index (χ0v) is 13.3. The number of carbonyl (C=O) groups is 1. The van der Waals surface area contributed by atoms with Crippen molar-refractivity contribution in [2.75, 3.05) is 11.1 Å². The minimum atomic E-state index is -0.301. The van der Waals surface area contributed by atoms with Crippen molar-refractivity contribution >= 4 is 23.4 Å². The molecule has 0 saturated carbocycles. The average Bonchev–Trinajstić information content (AvgIpc) is 2.58. The molecule has 1 aliphatic rings. The number of amides is 1. The van der Waals surface area contributed by atoms with Gasteiger partial charge in [0.15, 0.2) is 5.16 Å². The number of nitriles is 1. The number of fused-ring (bicyclic) bond motifs is 1. The average molecular weight is 326 g/mol. The second-order valence-corrected chi connectivity index (χ2v) is 6.31. The number of aromatic nitrogens is 2. The van der Waals surface area contributed by atoms with E-state index in [2.05, 4.69) is 10.3 Å². The van der Waals surface area contributed by atoms with Crippen molar-refractivity contribution in [1.82, 2.24) is 9.55 Å². The Morgan fingerprint density at radius 2 is 2.17 bits per heavy atom. The Hall–Kier alpha value is -2.59. The van der Waals surface area contributed by atoms with Gasteiger partial charge in [0.05, 0.1) is 17.6 Å². The number of carbonyl (C=O) groups excluding carboxylic acids is 1. The van der Waals surface area contributed by atoms with Gasteiger partial charge in [0.2, 0.25) is 5.91 Å². The molecular weight excluding hydrogens is 312 g/mol. The van der Waals surface area contributed by atoms with E-state index in [9.17, 15) is 9.59 Å². The lowest BCUT2D eigenvalue weighted by atomic mass is 10.1. The summed E-state index contributed by atoms with van der Waals surface area (Å²) in [7, 11) is 0. The van der Waals surface area contributed by atoms with Crippen LogP contribution in [0.1, 0.15) is 11.1 Å². The number of hydrogen-bond donors (Lipinski definition) is 1. The van der Waals surface area contributed by atoms with E-state index < -0.39 is 0 Å². The number of hydrogen-bond acceptors (Lipinski definition) is 5. The molecule has 1 aromatic carbocycles. The number of nitrogens with one attached hydrogen (secondary N) is 1. The fourth-order valence-electron chi connectivity index (χ4n) is 2.33. The van der Waals surface area contributed by atoms with Gasteiger partial charge in [-0.1, -0.05) is 11.8 Å². The number of anilines is 1. The maximum atomic E-state index is 12.4. The highest BCUT2D eigenvalue weighted by Crippen LogP contribution is 2.25. The van der Waals surface area contributed by atoms with Crippen molar-refractivity contribution in [2.24, 2.45) is 5.92 Å².